The molecule has 1 N–H and O–H groups in total. The van der Waals surface area contributed by atoms with Crippen LogP contribution in [0.2, 0.25) is 5.02 Å². The summed E-state index contributed by atoms with van der Waals surface area (Å²) in [4.78, 5) is 17.0. The molecule has 1 aromatic heterocycles. The Labute approximate surface area is 192 Å². The molecule has 0 saturated carbocycles. The van der Waals surface area contributed by atoms with Crippen LogP contribution < -0.4 is 10.2 Å². The van der Waals surface area contributed by atoms with Gasteiger partial charge in [0.2, 0.25) is 0 Å². The van der Waals surface area contributed by atoms with Gasteiger partial charge in [-0.05, 0) is 67.3 Å². The van der Waals surface area contributed by atoms with Crippen LogP contribution in [0, 0.1) is 0 Å². The largest absolute Gasteiger partial charge is 0.353 e. The maximum Gasteiger partial charge on any atom is 0.251 e. The van der Waals surface area contributed by atoms with Crippen LogP contribution in [0.25, 0.3) is 10.1 Å². The molecule has 1 saturated heterocycles. The van der Waals surface area contributed by atoms with Crippen LogP contribution in [0.1, 0.15) is 23.2 Å². The minimum Gasteiger partial charge on any atom is -0.353 e. The van der Waals surface area contributed by atoms with E-state index in [9.17, 15) is 4.79 Å². The number of anilines is 1. The number of rotatable bonds is 7. The minimum atomic E-state index is -0.0363. The minimum absolute atomic E-state index is 0. The summed E-state index contributed by atoms with van der Waals surface area (Å²) in [6.45, 7) is 5.92. The van der Waals surface area contributed by atoms with Crippen molar-refractivity contribution in [3.63, 3.8) is 0 Å². The lowest BCUT2D eigenvalue weighted by Crippen LogP contribution is -2.46. The second kappa shape index (κ2) is 11.0. The number of fused-ring (bicyclic) bond motifs is 1. The average molecular weight is 465 g/mol. The topological polar surface area (TPSA) is 48.5 Å². The normalized spacial score (nSPS) is 14.5. The number of piperazine rings is 1. The van der Waals surface area contributed by atoms with Crippen LogP contribution in [-0.2, 0) is 0 Å². The lowest BCUT2D eigenvalue weighted by molar-refractivity contribution is 0.0952. The van der Waals surface area contributed by atoms with E-state index in [4.69, 9.17) is 11.6 Å². The highest BCUT2D eigenvalue weighted by Gasteiger charge is 2.20. The highest BCUT2D eigenvalue weighted by atomic mass is 35.5. The van der Waals surface area contributed by atoms with Gasteiger partial charge in [-0.15, -0.1) is 12.4 Å². The molecule has 3 aromatic rings. The monoisotopic (exact) mass is 464 g/mol. The maximum atomic E-state index is 12.1. The average Bonchev–Trinajstić information content (AvgIpc) is 3.18. The van der Waals surface area contributed by atoms with Gasteiger partial charge in [0.05, 0.1) is 4.70 Å². The standard InChI is InChI=1S/C22H25ClN4OS.ClH/c23-18-9-7-17(8-10-18)22(28)24-11-3-4-12-26-13-15-27(16-14-26)21-19-5-1-2-6-20(19)29-25-21;/h1-2,5-10H,3-4,11-16H2,(H,24,28);1H. The van der Waals surface area contributed by atoms with E-state index in [0.29, 0.717) is 17.1 Å². The summed E-state index contributed by atoms with van der Waals surface area (Å²) in [5.74, 6) is 1.10. The van der Waals surface area contributed by atoms with E-state index in [1.54, 1.807) is 35.8 Å². The molecule has 0 radical (unpaired) electrons. The molecule has 160 valence electrons. The van der Waals surface area contributed by atoms with Crippen molar-refractivity contribution < 1.29 is 4.79 Å². The van der Waals surface area contributed by atoms with Crippen molar-refractivity contribution in [1.29, 1.82) is 0 Å². The first kappa shape index (κ1) is 22.8. The van der Waals surface area contributed by atoms with Gasteiger partial charge in [0.25, 0.3) is 5.91 Å². The zero-order chi connectivity index (χ0) is 20.1. The van der Waals surface area contributed by atoms with Crippen LogP contribution in [0.15, 0.2) is 48.5 Å². The van der Waals surface area contributed by atoms with Gasteiger partial charge in [-0.3, -0.25) is 9.69 Å². The van der Waals surface area contributed by atoms with Crippen LogP contribution >= 0.6 is 35.5 Å². The van der Waals surface area contributed by atoms with Gasteiger partial charge < -0.3 is 10.2 Å². The van der Waals surface area contributed by atoms with Gasteiger partial charge in [0.15, 0.2) is 0 Å². The summed E-state index contributed by atoms with van der Waals surface area (Å²) in [5, 5.41) is 4.89. The number of halogens is 2. The van der Waals surface area contributed by atoms with Gasteiger partial charge in [0, 0.05) is 48.7 Å². The number of amides is 1. The second-order valence-corrected chi connectivity index (χ2v) is 8.54. The Hall–Kier alpha value is -1.86. The Morgan fingerprint density at radius 3 is 2.53 bits per heavy atom. The third-order valence-corrected chi connectivity index (χ3v) is 6.39. The number of nitrogens with zero attached hydrogens (tertiary/aromatic N) is 3. The predicted molar refractivity (Wildman–Crippen MR) is 129 cm³/mol. The zero-order valence-corrected chi connectivity index (χ0v) is 19.1. The number of unbranched alkanes of at least 4 members (excludes halogenated alkanes) is 1. The summed E-state index contributed by atoms with van der Waals surface area (Å²) >= 11 is 7.44. The van der Waals surface area contributed by atoms with Gasteiger partial charge >= 0.3 is 0 Å². The molecule has 1 amide bonds. The van der Waals surface area contributed by atoms with Crippen molar-refractivity contribution in [3.8, 4) is 0 Å². The molecule has 4 rings (SSSR count). The first-order valence-corrected chi connectivity index (χ1v) is 11.2. The fourth-order valence-corrected chi connectivity index (χ4v) is 4.57. The summed E-state index contributed by atoms with van der Waals surface area (Å²) in [5.41, 5.74) is 0.653. The van der Waals surface area contributed by atoms with Crippen LogP contribution in [-0.4, -0.2) is 54.4 Å². The molecule has 2 aromatic carbocycles. The molecular formula is C22H26Cl2N4OS. The summed E-state index contributed by atoms with van der Waals surface area (Å²) in [7, 11) is 0. The first-order chi connectivity index (χ1) is 14.2. The van der Waals surface area contributed by atoms with E-state index >= 15 is 0 Å². The van der Waals surface area contributed by atoms with E-state index in [-0.39, 0.29) is 18.3 Å². The van der Waals surface area contributed by atoms with Crippen molar-refractivity contribution in [3.05, 3.63) is 59.1 Å². The van der Waals surface area contributed by atoms with Crippen molar-refractivity contribution in [2.24, 2.45) is 0 Å². The Morgan fingerprint density at radius 1 is 1.03 bits per heavy atom. The number of hydrogen-bond donors (Lipinski definition) is 1. The van der Waals surface area contributed by atoms with E-state index in [0.717, 1.165) is 51.4 Å². The Morgan fingerprint density at radius 2 is 1.77 bits per heavy atom. The Bertz CT molecular complexity index is 955. The number of carbonyl (C=O) groups is 1. The highest BCUT2D eigenvalue weighted by molar-refractivity contribution is 7.13. The summed E-state index contributed by atoms with van der Waals surface area (Å²) in [6, 6.07) is 15.4. The van der Waals surface area contributed by atoms with Crippen LogP contribution in [0.3, 0.4) is 0 Å². The Kier molecular flexibility index (Phi) is 8.33. The third-order valence-electron chi connectivity index (χ3n) is 5.32. The lowest BCUT2D eigenvalue weighted by atomic mass is 10.2. The van der Waals surface area contributed by atoms with Gasteiger partial charge in [0.1, 0.15) is 5.82 Å². The number of nitrogens with one attached hydrogen (secondary N) is 1. The molecule has 0 atom stereocenters. The van der Waals surface area contributed by atoms with Crippen molar-refractivity contribution >= 4 is 57.4 Å². The molecule has 0 unspecified atom stereocenters. The molecule has 1 fully saturated rings. The van der Waals surface area contributed by atoms with E-state index in [1.807, 2.05) is 0 Å². The number of aromatic nitrogens is 1. The smallest absolute Gasteiger partial charge is 0.251 e. The number of hydrogen-bond acceptors (Lipinski definition) is 5. The summed E-state index contributed by atoms with van der Waals surface area (Å²) in [6.07, 6.45) is 2.07. The maximum absolute atomic E-state index is 12.1. The lowest BCUT2D eigenvalue weighted by Gasteiger charge is -2.35. The Balaban J connectivity index is 0.00000256. The van der Waals surface area contributed by atoms with Gasteiger partial charge in [-0.2, -0.15) is 4.37 Å². The zero-order valence-electron chi connectivity index (χ0n) is 16.7. The summed E-state index contributed by atoms with van der Waals surface area (Å²) < 4.78 is 5.93. The molecule has 0 bridgehead atoms. The van der Waals surface area contributed by atoms with Gasteiger partial charge in [-0.25, -0.2) is 0 Å². The molecule has 1 aliphatic heterocycles. The van der Waals surface area contributed by atoms with Crippen LogP contribution in [0.5, 0.6) is 0 Å². The highest BCUT2D eigenvalue weighted by Crippen LogP contribution is 2.29. The van der Waals surface area contributed by atoms with Gasteiger partial charge in [-0.1, -0.05) is 23.7 Å². The van der Waals surface area contributed by atoms with E-state index in [1.165, 1.54) is 10.1 Å². The van der Waals surface area contributed by atoms with Crippen LogP contribution in [0.4, 0.5) is 5.82 Å². The second-order valence-electron chi connectivity index (χ2n) is 7.30. The van der Waals surface area contributed by atoms with Crippen molar-refractivity contribution in [2.45, 2.75) is 12.8 Å². The predicted octanol–water partition coefficient (Wildman–Crippen LogP) is 4.70. The van der Waals surface area contributed by atoms with Crippen molar-refractivity contribution in [1.82, 2.24) is 14.6 Å². The molecule has 0 spiro atoms. The SMILES string of the molecule is Cl.O=C(NCCCCN1CCN(c2nsc3ccccc23)CC1)c1ccc(Cl)cc1. The third kappa shape index (κ3) is 5.64. The number of carbonyl (C=O) groups excluding carboxylic acids is 1. The molecule has 5 nitrogen and oxygen atoms in total. The molecule has 8 heteroatoms. The van der Waals surface area contributed by atoms with E-state index < -0.39 is 0 Å². The molecule has 0 aliphatic carbocycles. The molecular weight excluding hydrogens is 439 g/mol. The fraction of sp³-hybridized carbons (Fsp3) is 0.364. The molecule has 1 aliphatic rings. The fourth-order valence-electron chi connectivity index (χ4n) is 3.65. The quantitative estimate of drug-likeness (QED) is 0.514. The molecule has 2 heterocycles. The first-order valence-electron chi connectivity index (χ1n) is 10.1. The van der Waals surface area contributed by atoms with E-state index in [2.05, 4.69) is 43.8 Å². The number of benzene rings is 2. The molecule has 30 heavy (non-hydrogen) atoms. The van der Waals surface area contributed by atoms with Crippen molar-refractivity contribution in [2.75, 3.05) is 44.2 Å².